The van der Waals surface area contributed by atoms with E-state index in [4.69, 9.17) is 0 Å². The number of hydrogen-bond donors (Lipinski definition) is 1. The molecule has 6 nitrogen and oxygen atoms in total. The van der Waals surface area contributed by atoms with Crippen molar-refractivity contribution < 1.29 is 24.2 Å². The van der Waals surface area contributed by atoms with E-state index < -0.39 is 17.6 Å². The smallest absolute Gasteiger partial charge is 0.356 e. The van der Waals surface area contributed by atoms with Crippen molar-refractivity contribution in [1.29, 1.82) is 0 Å². The Bertz CT molecular complexity index is 236. The van der Waals surface area contributed by atoms with Crippen molar-refractivity contribution in [2.24, 2.45) is 0 Å². The average Bonchev–Trinajstić information content (AvgIpc) is 2.14. The van der Waals surface area contributed by atoms with Crippen molar-refractivity contribution in [3.05, 3.63) is 11.6 Å². The summed E-state index contributed by atoms with van der Waals surface area (Å²) < 4.78 is 9.05. The Hall–Kier alpha value is -1.72. The van der Waals surface area contributed by atoms with Crippen LogP contribution < -0.4 is 10.4 Å². The van der Waals surface area contributed by atoms with E-state index >= 15 is 0 Å². The average molecular weight is 202 g/mol. The van der Waals surface area contributed by atoms with E-state index in [0.717, 1.165) is 0 Å². The van der Waals surface area contributed by atoms with E-state index in [2.05, 4.69) is 9.47 Å². The van der Waals surface area contributed by atoms with Gasteiger partial charge in [-0.25, -0.2) is 4.79 Å². The van der Waals surface area contributed by atoms with Crippen molar-refractivity contribution in [1.82, 2.24) is 5.32 Å². The standard InChI is InChI=1S/C8H13NO5/c1-3-13-7(11)6(9-5-10)8(12)14-4-2/h5,11H,3-4H2,1-2H3,(H,9,10)/p-1/b7-6+. The van der Waals surface area contributed by atoms with Crippen LogP contribution in [-0.4, -0.2) is 25.6 Å². The Labute approximate surface area is 81.5 Å². The maximum absolute atomic E-state index is 11.1. The summed E-state index contributed by atoms with van der Waals surface area (Å²) >= 11 is 0. The molecular weight excluding hydrogens is 190 g/mol. The first-order valence-electron chi connectivity index (χ1n) is 4.08. The first-order valence-corrected chi connectivity index (χ1v) is 4.08. The molecule has 0 aliphatic rings. The molecule has 0 spiro atoms. The predicted octanol–water partition coefficient (Wildman–Crippen LogP) is -1.14. The first-order chi connectivity index (χ1) is 6.67. The van der Waals surface area contributed by atoms with Crippen LogP contribution in [0.3, 0.4) is 0 Å². The minimum absolute atomic E-state index is 0.113. The van der Waals surface area contributed by atoms with Gasteiger partial charge in [0.25, 0.3) is 0 Å². The molecule has 0 saturated heterocycles. The van der Waals surface area contributed by atoms with Crippen molar-refractivity contribution in [3.63, 3.8) is 0 Å². The summed E-state index contributed by atoms with van der Waals surface area (Å²) in [7, 11) is 0. The highest BCUT2D eigenvalue weighted by molar-refractivity contribution is 5.90. The lowest BCUT2D eigenvalue weighted by Crippen LogP contribution is -2.28. The molecule has 0 aliphatic heterocycles. The Morgan fingerprint density at radius 3 is 2.36 bits per heavy atom. The lowest BCUT2D eigenvalue weighted by Gasteiger charge is -2.16. The van der Waals surface area contributed by atoms with E-state index in [-0.39, 0.29) is 19.6 Å². The number of rotatable bonds is 6. The number of hydrogen-bond acceptors (Lipinski definition) is 5. The zero-order valence-electron chi connectivity index (χ0n) is 8.03. The second-order valence-corrected chi connectivity index (χ2v) is 2.08. The van der Waals surface area contributed by atoms with Gasteiger partial charge in [-0.15, -0.1) is 0 Å². The number of ether oxygens (including phenoxy) is 2. The molecule has 0 heterocycles. The van der Waals surface area contributed by atoms with Gasteiger partial charge in [0, 0.05) is 0 Å². The van der Waals surface area contributed by atoms with Gasteiger partial charge in [-0.05, 0) is 13.5 Å². The van der Waals surface area contributed by atoms with Crippen LogP contribution in [0.4, 0.5) is 0 Å². The molecule has 0 aromatic carbocycles. The van der Waals surface area contributed by atoms with Crippen molar-refractivity contribution in [3.8, 4) is 0 Å². The summed E-state index contributed by atoms with van der Waals surface area (Å²) in [4.78, 5) is 21.2. The minimum atomic E-state index is -0.905. The second kappa shape index (κ2) is 6.76. The highest BCUT2D eigenvalue weighted by Crippen LogP contribution is 1.99. The number of nitrogens with one attached hydrogen (secondary N) is 1. The van der Waals surface area contributed by atoms with Crippen LogP contribution in [0.15, 0.2) is 11.6 Å². The fourth-order valence-electron chi connectivity index (χ4n) is 0.667. The second-order valence-electron chi connectivity index (χ2n) is 2.08. The summed E-state index contributed by atoms with van der Waals surface area (Å²) in [5.74, 6) is -1.81. The third kappa shape index (κ3) is 3.79. The Kier molecular flexibility index (Phi) is 5.93. The van der Waals surface area contributed by atoms with E-state index in [1.54, 1.807) is 13.8 Å². The number of amides is 1. The molecular formula is C8H12NO5-. The van der Waals surface area contributed by atoms with Crippen molar-refractivity contribution >= 4 is 12.4 Å². The zero-order valence-corrected chi connectivity index (χ0v) is 8.03. The molecule has 1 N–H and O–H groups in total. The molecule has 0 rings (SSSR count). The first kappa shape index (κ1) is 12.3. The zero-order chi connectivity index (χ0) is 11.0. The van der Waals surface area contributed by atoms with Gasteiger partial charge in [0.1, 0.15) is 5.70 Å². The molecule has 0 saturated carbocycles. The summed E-state index contributed by atoms with van der Waals surface area (Å²) in [5, 5.41) is 13.0. The van der Waals surface area contributed by atoms with E-state index in [1.807, 2.05) is 5.32 Å². The van der Waals surface area contributed by atoms with Gasteiger partial charge in [0.05, 0.1) is 12.6 Å². The topological polar surface area (TPSA) is 87.7 Å². The fraction of sp³-hybridized carbons (Fsp3) is 0.500. The van der Waals surface area contributed by atoms with Crippen LogP contribution in [-0.2, 0) is 19.1 Å². The fourth-order valence-corrected chi connectivity index (χ4v) is 0.667. The van der Waals surface area contributed by atoms with E-state index in [1.165, 1.54) is 0 Å². The lowest BCUT2D eigenvalue weighted by molar-refractivity contribution is -0.358. The minimum Gasteiger partial charge on any atom is -0.612 e. The monoisotopic (exact) mass is 202 g/mol. The van der Waals surface area contributed by atoms with Gasteiger partial charge in [-0.2, -0.15) is 0 Å². The summed E-state index contributed by atoms with van der Waals surface area (Å²) in [6, 6.07) is 0. The van der Waals surface area contributed by atoms with Crippen LogP contribution in [0.1, 0.15) is 13.8 Å². The van der Waals surface area contributed by atoms with Crippen LogP contribution in [0.2, 0.25) is 0 Å². The maximum atomic E-state index is 11.1. The maximum Gasteiger partial charge on any atom is 0.356 e. The third-order valence-corrected chi connectivity index (χ3v) is 1.16. The largest absolute Gasteiger partial charge is 0.612 e. The Morgan fingerprint density at radius 2 is 1.93 bits per heavy atom. The van der Waals surface area contributed by atoms with E-state index in [9.17, 15) is 14.7 Å². The summed E-state index contributed by atoms with van der Waals surface area (Å²) in [6.07, 6.45) is 0.211. The molecule has 0 aromatic rings. The molecule has 6 heteroatoms. The molecule has 14 heavy (non-hydrogen) atoms. The van der Waals surface area contributed by atoms with E-state index in [0.29, 0.717) is 0 Å². The summed E-state index contributed by atoms with van der Waals surface area (Å²) in [5.41, 5.74) is -0.510. The molecule has 0 radical (unpaired) electrons. The lowest BCUT2D eigenvalue weighted by atomic mass is 10.4. The molecule has 80 valence electrons. The van der Waals surface area contributed by atoms with Crippen LogP contribution in [0, 0.1) is 0 Å². The number of esters is 1. The third-order valence-electron chi connectivity index (χ3n) is 1.16. The normalized spacial score (nSPS) is 11.3. The predicted molar refractivity (Wildman–Crippen MR) is 44.5 cm³/mol. The quantitative estimate of drug-likeness (QED) is 0.254. The highest BCUT2D eigenvalue weighted by Gasteiger charge is 2.11. The van der Waals surface area contributed by atoms with Gasteiger partial charge in [0.15, 0.2) is 0 Å². The molecule has 0 bridgehead atoms. The number of carbonyl (C=O) groups excluding carboxylic acids is 2. The number of carbonyl (C=O) groups is 2. The van der Waals surface area contributed by atoms with Crippen LogP contribution in [0.5, 0.6) is 0 Å². The molecule has 0 atom stereocenters. The Balaban J connectivity index is 4.63. The Morgan fingerprint density at radius 1 is 1.36 bits per heavy atom. The molecule has 0 aliphatic carbocycles. The molecule has 0 unspecified atom stereocenters. The SMILES string of the molecule is CCOC(=O)/C(NC=O)=C(/[O-])OCC. The van der Waals surface area contributed by atoms with Gasteiger partial charge >= 0.3 is 5.97 Å². The molecule has 0 fully saturated rings. The van der Waals surface area contributed by atoms with Gasteiger partial charge in [-0.3, -0.25) is 4.79 Å². The summed E-state index contributed by atoms with van der Waals surface area (Å²) in [6.45, 7) is 3.40. The van der Waals surface area contributed by atoms with Crippen molar-refractivity contribution in [2.75, 3.05) is 13.2 Å². The highest BCUT2D eigenvalue weighted by atomic mass is 16.6. The van der Waals surface area contributed by atoms with Crippen LogP contribution >= 0.6 is 0 Å². The van der Waals surface area contributed by atoms with Crippen LogP contribution in [0.25, 0.3) is 0 Å². The molecule has 0 aromatic heterocycles. The van der Waals surface area contributed by atoms with Gasteiger partial charge in [0.2, 0.25) is 6.41 Å². The van der Waals surface area contributed by atoms with Crippen molar-refractivity contribution in [2.45, 2.75) is 13.8 Å². The molecule has 1 amide bonds. The van der Waals surface area contributed by atoms with Gasteiger partial charge in [-0.1, -0.05) is 6.92 Å². The van der Waals surface area contributed by atoms with Gasteiger partial charge < -0.3 is 19.9 Å².